The van der Waals surface area contributed by atoms with Crippen molar-refractivity contribution in [2.24, 2.45) is 0 Å². The van der Waals surface area contributed by atoms with Gasteiger partial charge in [0.2, 0.25) is 0 Å². The standard InChI is InChI=1S/C50H34FN.C44H31N.C43H35N/c51-41-25-31-44(32-26-41)52(42-27-19-37(20-28-42)47-33-23-35-11-7-9-17-45(35)49(47)39-13-3-1-4-14-39)43-29-21-38(22-30-43)48-34-24-36-12-8-10-18-46(36)50(48)40-15-5-2-6-16-40;1-4-14-32(15-5-1)38-30-31-43(42-23-13-12-22-41(38)42)45(36-19-8-3-9-20-36)37-27-24-34(25-28-37)40-29-26-33-16-10-11-21-39(33)44(40)35-17-6-2-7-18-35;1-30-28-31(2)42(32(3)29-30)36-20-25-39(26-21-36)44(37-15-8-5-9-16-37)38-23-18-34(19-24-38)41-27-22-33-12-10-11-17-40(33)43(41)35-13-6-4-7-14-35/h1-34H;1-31H;4-29H,1-3H3/i;;5D,8D,9D,15D,16D. The van der Waals surface area contributed by atoms with Gasteiger partial charge in [0.15, 0.2) is 0 Å². The van der Waals surface area contributed by atoms with E-state index in [4.69, 9.17) is 6.85 Å². The number of hydrogen-bond acceptors (Lipinski definition) is 3. The van der Waals surface area contributed by atoms with Crippen LogP contribution in [-0.4, -0.2) is 0 Å². The lowest BCUT2D eigenvalue weighted by Crippen LogP contribution is -2.10. The van der Waals surface area contributed by atoms with Gasteiger partial charge in [-0.25, -0.2) is 4.39 Å². The lowest BCUT2D eigenvalue weighted by Gasteiger charge is -2.28. The van der Waals surface area contributed by atoms with E-state index in [1.165, 1.54) is 144 Å². The molecule has 0 atom stereocenters. The summed E-state index contributed by atoms with van der Waals surface area (Å²) in [5.74, 6) is -0.260. The van der Waals surface area contributed by atoms with Gasteiger partial charge in [-0.05, 0) is 307 Å². The number of hydrogen-bond donors (Lipinski definition) is 0. The highest BCUT2D eigenvalue weighted by Crippen LogP contribution is 2.49. The SMILES string of the molecule is Fc1ccc(N(c2ccc(-c3ccc4ccccc4c3-c3ccccc3)cc2)c2ccc(-c3ccc4ccccc4c3-c3ccccc3)cc2)cc1.[2H]c1c([2H])c([2H])c(N(c2ccc(-c3ccc4ccccc4c3-c3ccccc3)cc2)c2ccc(-c3c(C)cc(C)cc3C)cc2)c([2H])c1[2H].c1ccc(-c2c(-c3ccc(N(c4ccccc4)c4ccc(-c5ccccc5)c5ccccc45)cc3)ccc3ccccc23)cc1. The van der Waals surface area contributed by atoms with Gasteiger partial charge in [-0.15, -0.1) is 0 Å². The van der Waals surface area contributed by atoms with E-state index in [-0.39, 0.29) is 35.7 Å². The van der Waals surface area contributed by atoms with Crippen molar-refractivity contribution in [2.45, 2.75) is 20.8 Å². The predicted octanol–water partition coefficient (Wildman–Crippen LogP) is 39.0. The molecule has 0 heterocycles. The van der Waals surface area contributed by atoms with Gasteiger partial charge in [0, 0.05) is 50.9 Å². The molecule has 3 nitrogen and oxygen atoms in total. The highest BCUT2D eigenvalue weighted by atomic mass is 19.1. The molecule has 0 aliphatic carbocycles. The van der Waals surface area contributed by atoms with Crippen LogP contribution in [-0.2, 0) is 0 Å². The van der Waals surface area contributed by atoms with E-state index >= 15 is 0 Å². The summed E-state index contributed by atoms with van der Waals surface area (Å²) in [6, 6.07) is 181. The minimum Gasteiger partial charge on any atom is -0.311 e. The fraction of sp³-hybridized carbons (Fsp3) is 0.0219. The van der Waals surface area contributed by atoms with Gasteiger partial charge in [0.05, 0.1) is 12.5 Å². The Labute approximate surface area is 831 Å². The Morgan fingerprint density at radius 3 is 0.759 bits per heavy atom. The summed E-state index contributed by atoms with van der Waals surface area (Å²) in [5, 5.41) is 12.2. The van der Waals surface area contributed by atoms with Gasteiger partial charge in [0.1, 0.15) is 5.82 Å². The molecule has 141 heavy (non-hydrogen) atoms. The van der Waals surface area contributed by atoms with Crippen molar-refractivity contribution in [3.05, 3.63) is 574 Å². The van der Waals surface area contributed by atoms with Crippen LogP contribution in [0.1, 0.15) is 23.5 Å². The van der Waals surface area contributed by atoms with E-state index in [9.17, 15) is 4.39 Å². The lowest BCUT2D eigenvalue weighted by atomic mass is 9.89. The highest BCUT2D eigenvalue weighted by Gasteiger charge is 2.24. The second-order valence-corrected chi connectivity index (χ2v) is 35.6. The van der Waals surface area contributed by atoms with E-state index < -0.39 is 6.04 Å². The first kappa shape index (κ1) is 82.4. The summed E-state index contributed by atoms with van der Waals surface area (Å²) in [4.78, 5) is 6.32. The Bertz CT molecular complexity index is 8670. The minimum atomic E-state index is -0.417. The van der Waals surface area contributed by atoms with E-state index in [1.807, 2.05) is 66.7 Å². The van der Waals surface area contributed by atoms with Crippen LogP contribution in [0.2, 0.25) is 0 Å². The third-order valence-corrected chi connectivity index (χ3v) is 26.8. The Balaban J connectivity index is 0.000000125. The topological polar surface area (TPSA) is 9.72 Å². The van der Waals surface area contributed by atoms with Crippen LogP contribution in [0.4, 0.5) is 55.6 Å². The summed E-state index contributed by atoms with van der Waals surface area (Å²) in [6.45, 7) is 6.32. The van der Waals surface area contributed by atoms with Gasteiger partial charge < -0.3 is 14.7 Å². The van der Waals surface area contributed by atoms with Gasteiger partial charge >= 0.3 is 0 Å². The molecule has 0 aliphatic heterocycles. The molecule has 0 bridgehead atoms. The molecule has 0 radical (unpaired) electrons. The largest absolute Gasteiger partial charge is 0.311 e. The number of aryl methyl sites for hydroxylation is 3. The fourth-order valence-electron chi connectivity index (χ4n) is 20.4. The average Bonchev–Trinajstić information content (AvgIpc) is 0.766. The van der Waals surface area contributed by atoms with E-state index in [2.05, 4.69) is 473 Å². The Kier molecular flexibility index (Phi) is 23.4. The Morgan fingerprint density at radius 1 is 0.177 bits per heavy atom. The van der Waals surface area contributed by atoms with Crippen molar-refractivity contribution in [1.29, 1.82) is 0 Å². The monoisotopic (exact) mass is 1810 g/mol. The van der Waals surface area contributed by atoms with Crippen molar-refractivity contribution < 1.29 is 11.2 Å². The molecule has 0 aromatic heterocycles. The molecule has 24 rings (SSSR count). The number of halogens is 1. The van der Waals surface area contributed by atoms with Crippen molar-refractivity contribution in [3.63, 3.8) is 0 Å². The first-order valence-corrected chi connectivity index (χ1v) is 47.9. The van der Waals surface area contributed by atoms with E-state index in [1.54, 1.807) is 4.90 Å². The molecular weight excluding hydrogens is 1710 g/mol. The molecule has 0 saturated heterocycles. The maximum Gasteiger partial charge on any atom is 0.123 e. The zero-order chi connectivity index (χ0) is 99.3. The van der Waals surface area contributed by atoms with Gasteiger partial charge in [-0.1, -0.05) is 442 Å². The molecule has 0 amide bonds. The number of rotatable bonds is 19. The molecule has 0 spiro atoms. The molecule has 4 heteroatoms. The van der Waals surface area contributed by atoms with Gasteiger partial charge in [-0.2, -0.15) is 0 Å². The molecule has 0 unspecified atom stereocenters. The molecule has 0 N–H and O–H groups in total. The summed E-state index contributed by atoms with van der Waals surface area (Å²) in [7, 11) is 0. The van der Waals surface area contributed by atoms with Crippen LogP contribution in [0.25, 0.3) is 165 Å². The molecule has 0 fully saturated rings. The molecule has 670 valence electrons. The van der Waals surface area contributed by atoms with Crippen LogP contribution in [0.3, 0.4) is 0 Å². The molecule has 24 aromatic carbocycles. The Morgan fingerprint density at radius 2 is 0.418 bits per heavy atom. The predicted molar refractivity (Wildman–Crippen MR) is 599 cm³/mol. The lowest BCUT2D eigenvalue weighted by molar-refractivity contribution is 0.628. The van der Waals surface area contributed by atoms with Crippen LogP contribution >= 0.6 is 0 Å². The van der Waals surface area contributed by atoms with Crippen LogP contribution in [0, 0.1) is 26.6 Å². The summed E-state index contributed by atoms with van der Waals surface area (Å²) in [6.07, 6.45) is 0. The van der Waals surface area contributed by atoms with Crippen LogP contribution in [0.5, 0.6) is 0 Å². The number of nitrogens with zero attached hydrogens (tertiary/aromatic N) is 3. The maximum absolute atomic E-state index is 14.2. The third kappa shape index (κ3) is 18.3. The number of benzene rings is 24. The number of fused-ring (bicyclic) bond motifs is 5. The summed E-state index contributed by atoms with van der Waals surface area (Å²) < 4.78 is 57.1. The van der Waals surface area contributed by atoms with Gasteiger partial charge in [0.25, 0.3) is 0 Å². The van der Waals surface area contributed by atoms with Gasteiger partial charge in [-0.3, -0.25) is 0 Å². The second-order valence-electron chi connectivity index (χ2n) is 35.6. The number of para-hydroxylation sites is 2. The molecular formula is C137H100FN3. The molecule has 0 aliphatic rings. The smallest absolute Gasteiger partial charge is 0.123 e. The Hall–Kier alpha value is -18.1. The quantitative estimate of drug-likeness (QED) is 0.0799. The summed E-state index contributed by atoms with van der Waals surface area (Å²) in [5.41, 5.74) is 34.7. The maximum atomic E-state index is 14.2. The fourth-order valence-corrected chi connectivity index (χ4v) is 20.4. The first-order valence-electron chi connectivity index (χ1n) is 50.4. The van der Waals surface area contributed by atoms with E-state index in [0.717, 1.165) is 83.8 Å². The second kappa shape index (κ2) is 40.1. The van der Waals surface area contributed by atoms with E-state index in [0.29, 0.717) is 11.4 Å². The average molecular weight is 1810 g/mol. The highest BCUT2D eigenvalue weighted by molar-refractivity contribution is 6.10. The normalized spacial score (nSPS) is 11.6. The zero-order valence-corrected chi connectivity index (χ0v) is 78.4. The first-order chi connectivity index (χ1) is 71.7. The van der Waals surface area contributed by atoms with Crippen LogP contribution < -0.4 is 14.7 Å². The summed E-state index contributed by atoms with van der Waals surface area (Å²) >= 11 is 0. The van der Waals surface area contributed by atoms with Crippen molar-refractivity contribution >= 4 is 105 Å². The molecule has 24 aromatic rings. The van der Waals surface area contributed by atoms with Crippen molar-refractivity contribution in [3.8, 4) is 111 Å². The van der Waals surface area contributed by atoms with Crippen molar-refractivity contribution in [1.82, 2.24) is 0 Å². The minimum absolute atomic E-state index is 0.102. The third-order valence-electron chi connectivity index (χ3n) is 26.8. The molecule has 0 saturated carbocycles. The van der Waals surface area contributed by atoms with Crippen LogP contribution in [0.15, 0.2) is 552 Å². The number of anilines is 9. The van der Waals surface area contributed by atoms with Crippen molar-refractivity contribution in [2.75, 3.05) is 14.7 Å². The zero-order valence-electron chi connectivity index (χ0n) is 83.4.